The average molecular weight is 259 g/mol. The molecule has 1 nitrogen and oxygen atoms in total. The van der Waals surface area contributed by atoms with E-state index in [0.717, 1.165) is 12.0 Å². The van der Waals surface area contributed by atoms with E-state index in [-0.39, 0.29) is 0 Å². The Morgan fingerprint density at radius 1 is 1.17 bits per heavy atom. The van der Waals surface area contributed by atoms with Crippen LogP contribution in [0, 0.1) is 0 Å². The maximum Gasteiger partial charge on any atom is 0.401 e. The Kier molecular flexibility index (Phi) is 5.66. The number of rotatable bonds is 6. The van der Waals surface area contributed by atoms with Gasteiger partial charge in [-0.1, -0.05) is 38.1 Å². The van der Waals surface area contributed by atoms with Gasteiger partial charge in [0.1, 0.15) is 0 Å². The van der Waals surface area contributed by atoms with Crippen molar-refractivity contribution in [1.29, 1.82) is 0 Å². The first kappa shape index (κ1) is 15.0. The second-order valence-electron chi connectivity index (χ2n) is 4.59. The van der Waals surface area contributed by atoms with E-state index in [1.165, 1.54) is 5.56 Å². The summed E-state index contributed by atoms with van der Waals surface area (Å²) in [6.07, 6.45) is -2.41. The summed E-state index contributed by atoms with van der Waals surface area (Å²) in [5.41, 5.74) is 2.35. The highest BCUT2D eigenvalue weighted by molar-refractivity contribution is 5.25. The highest BCUT2D eigenvalue weighted by Crippen LogP contribution is 2.18. The van der Waals surface area contributed by atoms with Crippen LogP contribution in [0.3, 0.4) is 0 Å². The lowest BCUT2D eigenvalue weighted by Gasteiger charge is -2.10. The van der Waals surface area contributed by atoms with Crippen molar-refractivity contribution < 1.29 is 13.2 Å². The molecule has 18 heavy (non-hydrogen) atoms. The van der Waals surface area contributed by atoms with Gasteiger partial charge in [0.25, 0.3) is 0 Å². The minimum atomic E-state index is -4.12. The number of alkyl halides is 3. The number of halogens is 3. The normalized spacial score (nSPS) is 13.6. The SMILES string of the molecule is CCC(C)c1ccc(CCNCC(F)(F)F)cc1. The van der Waals surface area contributed by atoms with Crippen molar-refractivity contribution in [2.24, 2.45) is 0 Å². The zero-order valence-electron chi connectivity index (χ0n) is 10.8. The van der Waals surface area contributed by atoms with Gasteiger partial charge in [-0.05, 0) is 36.4 Å². The van der Waals surface area contributed by atoms with Gasteiger partial charge in [0.2, 0.25) is 0 Å². The molecule has 0 aliphatic rings. The summed E-state index contributed by atoms with van der Waals surface area (Å²) in [7, 11) is 0. The van der Waals surface area contributed by atoms with E-state index >= 15 is 0 Å². The van der Waals surface area contributed by atoms with Gasteiger partial charge >= 0.3 is 6.18 Å². The fraction of sp³-hybridized carbons (Fsp3) is 0.571. The molecule has 0 radical (unpaired) electrons. The van der Waals surface area contributed by atoms with Crippen LogP contribution in [0.5, 0.6) is 0 Å². The maximum atomic E-state index is 11.9. The fourth-order valence-electron chi connectivity index (χ4n) is 1.71. The van der Waals surface area contributed by atoms with Gasteiger partial charge in [-0.15, -0.1) is 0 Å². The molecule has 1 unspecified atom stereocenters. The lowest BCUT2D eigenvalue weighted by atomic mass is 9.97. The Labute approximate surface area is 106 Å². The zero-order valence-corrected chi connectivity index (χ0v) is 10.8. The van der Waals surface area contributed by atoms with Gasteiger partial charge in [0, 0.05) is 0 Å². The molecule has 0 saturated heterocycles. The second-order valence-corrected chi connectivity index (χ2v) is 4.59. The Bertz CT molecular complexity index is 343. The highest BCUT2D eigenvalue weighted by Gasteiger charge is 2.25. The van der Waals surface area contributed by atoms with Crippen LogP contribution < -0.4 is 5.32 Å². The van der Waals surface area contributed by atoms with E-state index in [0.29, 0.717) is 18.9 Å². The highest BCUT2D eigenvalue weighted by atomic mass is 19.4. The lowest BCUT2D eigenvalue weighted by Crippen LogP contribution is -2.30. The molecule has 0 saturated carbocycles. The predicted octanol–water partition coefficient (Wildman–Crippen LogP) is 3.89. The van der Waals surface area contributed by atoms with E-state index in [1.54, 1.807) is 0 Å². The molecule has 1 atom stereocenters. The third-order valence-corrected chi connectivity index (χ3v) is 3.08. The minimum absolute atomic E-state index is 0.349. The van der Waals surface area contributed by atoms with Gasteiger partial charge in [0.15, 0.2) is 0 Å². The largest absolute Gasteiger partial charge is 0.401 e. The van der Waals surface area contributed by atoms with Gasteiger partial charge < -0.3 is 5.32 Å². The Balaban J connectivity index is 2.35. The molecule has 1 rings (SSSR count). The summed E-state index contributed by atoms with van der Waals surface area (Å²) in [4.78, 5) is 0. The van der Waals surface area contributed by atoms with E-state index < -0.39 is 12.7 Å². The van der Waals surface area contributed by atoms with Crippen molar-refractivity contribution in [2.75, 3.05) is 13.1 Å². The van der Waals surface area contributed by atoms with E-state index in [9.17, 15) is 13.2 Å². The topological polar surface area (TPSA) is 12.0 Å². The van der Waals surface area contributed by atoms with Crippen molar-refractivity contribution in [3.05, 3.63) is 35.4 Å². The minimum Gasteiger partial charge on any atom is -0.308 e. The number of nitrogens with one attached hydrogen (secondary N) is 1. The summed E-state index contributed by atoms with van der Waals surface area (Å²) in [5.74, 6) is 0.530. The quantitative estimate of drug-likeness (QED) is 0.764. The molecule has 4 heteroatoms. The standard InChI is InChI=1S/C14H20F3N/c1-3-11(2)13-6-4-12(5-7-13)8-9-18-10-14(15,16)17/h4-7,11,18H,3,8-10H2,1-2H3. The molecule has 0 bridgehead atoms. The third-order valence-electron chi connectivity index (χ3n) is 3.08. The number of hydrogen-bond acceptors (Lipinski definition) is 1. The first-order valence-electron chi connectivity index (χ1n) is 6.28. The molecule has 0 amide bonds. The van der Waals surface area contributed by atoms with Gasteiger partial charge in [-0.3, -0.25) is 0 Å². The molecule has 1 aromatic rings. The molecular formula is C14H20F3N. The van der Waals surface area contributed by atoms with Gasteiger partial charge in [0.05, 0.1) is 6.54 Å². The Hall–Kier alpha value is -1.03. The summed E-state index contributed by atoms with van der Waals surface area (Å²) < 4.78 is 35.7. The molecule has 0 spiro atoms. The predicted molar refractivity (Wildman–Crippen MR) is 67.8 cm³/mol. The molecule has 0 aromatic heterocycles. The van der Waals surface area contributed by atoms with Crippen LogP contribution in [-0.4, -0.2) is 19.3 Å². The molecular weight excluding hydrogens is 239 g/mol. The van der Waals surface area contributed by atoms with Crippen LogP contribution >= 0.6 is 0 Å². The molecule has 0 aliphatic heterocycles. The van der Waals surface area contributed by atoms with Crippen molar-refractivity contribution in [2.45, 2.75) is 38.8 Å². The summed E-state index contributed by atoms with van der Waals surface area (Å²) in [6, 6.07) is 8.12. The van der Waals surface area contributed by atoms with E-state index in [1.807, 2.05) is 12.1 Å². The van der Waals surface area contributed by atoms with Crippen molar-refractivity contribution >= 4 is 0 Å². The van der Waals surface area contributed by atoms with E-state index in [2.05, 4.69) is 31.3 Å². The Morgan fingerprint density at radius 2 is 1.78 bits per heavy atom. The smallest absolute Gasteiger partial charge is 0.308 e. The van der Waals surface area contributed by atoms with Crippen LogP contribution in [0.2, 0.25) is 0 Å². The van der Waals surface area contributed by atoms with Gasteiger partial charge in [-0.25, -0.2) is 0 Å². The molecule has 0 aliphatic carbocycles. The molecule has 1 aromatic carbocycles. The number of benzene rings is 1. The van der Waals surface area contributed by atoms with Crippen molar-refractivity contribution in [3.63, 3.8) is 0 Å². The zero-order chi connectivity index (χ0) is 13.6. The van der Waals surface area contributed by atoms with Crippen LogP contribution in [0.25, 0.3) is 0 Å². The average Bonchev–Trinajstić information content (AvgIpc) is 2.33. The number of hydrogen-bond donors (Lipinski definition) is 1. The summed E-state index contributed by atoms with van der Waals surface area (Å²) in [5, 5.41) is 2.40. The van der Waals surface area contributed by atoms with Crippen LogP contribution in [-0.2, 0) is 6.42 Å². The first-order chi connectivity index (χ1) is 8.42. The molecule has 0 heterocycles. The lowest BCUT2D eigenvalue weighted by molar-refractivity contribution is -0.124. The van der Waals surface area contributed by atoms with Crippen molar-refractivity contribution in [3.8, 4) is 0 Å². The summed E-state index contributed by atoms with van der Waals surface area (Å²) >= 11 is 0. The third kappa shape index (κ3) is 5.54. The van der Waals surface area contributed by atoms with E-state index in [4.69, 9.17) is 0 Å². The summed E-state index contributed by atoms with van der Waals surface area (Å²) in [6.45, 7) is 3.74. The van der Waals surface area contributed by atoms with Crippen LogP contribution in [0.4, 0.5) is 13.2 Å². The monoisotopic (exact) mass is 259 g/mol. The van der Waals surface area contributed by atoms with Crippen LogP contribution in [0.1, 0.15) is 37.3 Å². The molecule has 1 N–H and O–H groups in total. The molecule has 0 fully saturated rings. The maximum absolute atomic E-state index is 11.9. The Morgan fingerprint density at radius 3 is 2.28 bits per heavy atom. The first-order valence-corrected chi connectivity index (χ1v) is 6.28. The van der Waals surface area contributed by atoms with Gasteiger partial charge in [-0.2, -0.15) is 13.2 Å². The second kappa shape index (κ2) is 6.78. The molecule has 102 valence electrons. The van der Waals surface area contributed by atoms with Crippen molar-refractivity contribution in [1.82, 2.24) is 5.32 Å². The fourth-order valence-corrected chi connectivity index (χ4v) is 1.71. The van der Waals surface area contributed by atoms with Crippen LogP contribution in [0.15, 0.2) is 24.3 Å².